The third kappa shape index (κ3) is 3.61. The van der Waals surface area contributed by atoms with Crippen LogP contribution in [0, 0.1) is 10.6 Å². The summed E-state index contributed by atoms with van der Waals surface area (Å²) >= 11 is 5.50. The van der Waals surface area contributed by atoms with Crippen LogP contribution in [0.2, 0.25) is 0 Å². The number of H-pyrrole nitrogens is 1. The SMILES string of the molecule is CC(c1ccc(-c2ccccc2)c(F)c1)c1n[nH]c(=S)n1C1CCCCC1. The molecule has 1 atom stereocenters. The fourth-order valence-corrected chi connectivity index (χ4v) is 4.40. The first-order chi connectivity index (χ1) is 13.1. The second-order valence-corrected chi connectivity index (χ2v) is 7.76. The van der Waals surface area contributed by atoms with E-state index in [1.54, 1.807) is 6.07 Å². The van der Waals surface area contributed by atoms with Gasteiger partial charge in [-0.15, -0.1) is 0 Å². The highest BCUT2D eigenvalue weighted by atomic mass is 32.1. The largest absolute Gasteiger partial charge is 0.301 e. The van der Waals surface area contributed by atoms with Gasteiger partial charge in [0.2, 0.25) is 0 Å². The summed E-state index contributed by atoms with van der Waals surface area (Å²) in [5.41, 5.74) is 2.43. The van der Waals surface area contributed by atoms with Crippen molar-refractivity contribution in [3.63, 3.8) is 0 Å². The second kappa shape index (κ2) is 7.77. The summed E-state index contributed by atoms with van der Waals surface area (Å²) < 4.78 is 17.7. The highest BCUT2D eigenvalue weighted by Gasteiger charge is 2.24. The maximum Gasteiger partial charge on any atom is 0.195 e. The molecular weight excluding hydrogens is 357 g/mol. The van der Waals surface area contributed by atoms with E-state index in [9.17, 15) is 4.39 Å². The van der Waals surface area contributed by atoms with Crippen LogP contribution >= 0.6 is 12.2 Å². The monoisotopic (exact) mass is 381 g/mol. The van der Waals surface area contributed by atoms with E-state index in [-0.39, 0.29) is 11.7 Å². The van der Waals surface area contributed by atoms with Crippen LogP contribution in [0.15, 0.2) is 48.5 Å². The van der Waals surface area contributed by atoms with Crippen molar-refractivity contribution >= 4 is 12.2 Å². The molecule has 0 amide bonds. The fraction of sp³-hybridized carbons (Fsp3) is 0.364. The Morgan fingerprint density at radius 2 is 1.85 bits per heavy atom. The molecule has 3 aromatic rings. The second-order valence-electron chi connectivity index (χ2n) is 7.38. The van der Waals surface area contributed by atoms with E-state index in [1.165, 1.54) is 19.3 Å². The quantitative estimate of drug-likeness (QED) is 0.530. The summed E-state index contributed by atoms with van der Waals surface area (Å²) in [5, 5.41) is 7.46. The van der Waals surface area contributed by atoms with Gasteiger partial charge in [-0.2, -0.15) is 5.10 Å². The molecule has 0 bridgehead atoms. The average Bonchev–Trinajstić information content (AvgIpc) is 3.10. The summed E-state index contributed by atoms with van der Waals surface area (Å²) in [4.78, 5) is 0. The summed E-state index contributed by atoms with van der Waals surface area (Å²) in [5.74, 6) is 0.668. The van der Waals surface area contributed by atoms with Crippen molar-refractivity contribution in [2.75, 3.05) is 0 Å². The van der Waals surface area contributed by atoms with Gasteiger partial charge in [-0.05, 0) is 42.3 Å². The van der Waals surface area contributed by atoms with E-state index in [4.69, 9.17) is 12.2 Å². The minimum absolute atomic E-state index is 0.0285. The zero-order valence-corrected chi connectivity index (χ0v) is 16.3. The third-order valence-electron chi connectivity index (χ3n) is 5.64. The molecule has 1 aliphatic rings. The molecule has 1 aromatic heterocycles. The van der Waals surface area contributed by atoms with Crippen molar-refractivity contribution in [2.45, 2.75) is 51.0 Å². The third-order valence-corrected chi connectivity index (χ3v) is 5.92. The van der Waals surface area contributed by atoms with Crippen molar-refractivity contribution in [1.29, 1.82) is 0 Å². The van der Waals surface area contributed by atoms with Gasteiger partial charge in [0, 0.05) is 17.5 Å². The van der Waals surface area contributed by atoms with Crippen LogP contribution in [-0.2, 0) is 0 Å². The van der Waals surface area contributed by atoms with Crippen LogP contribution in [-0.4, -0.2) is 14.8 Å². The van der Waals surface area contributed by atoms with Crippen molar-refractivity contribution in [3.8, 4) is 11.1 Å². The van der Waals surface area contributed by atoms with E-state index >= 15 is 0 Å². The highest BCUT2D eigenvalue weighted by molar-refractivity contribution is 7.71. The molecule has 1 heterocycles. The van der Waals surface area contributed by atoms with Gasteiger partial charge in [-0.1, -0.05) is 68.7 Å². The number of nitrogens with one attached hydrogen (secondary N) is 1. The Labute approximate surface area is 164 Å². The van der Waals surface area contributed by atoms with Crippen molar-refractivity contribution in [3.05, 3.63) is 70.5 Å². The molecule has 0 spiro atoms. The fourth-order valence-electron chi connectivity index (χ4n) is 4.12. The zero-order valence-electron chi connectivity index (χ0n) is 15.5. The van der Waals surface area contributed by atoms with Crippen molar-refractivity contribution in [2.24, 2.45) is 0 Å². The Morgan fingerprint density at radius 1 is 1.11 bits per heavy atom. The highest BCUT2D eigenvalue weighted by Crippen LogP contribution is 2.33. The van der Waals surface area contributed by atoms with Gasteiger partial charge in [0.1, 0.15) is 11.6 Å². The van der Waals surface area contributed by atoms with Gasteiger partial charge in [-0.3, -0.25) is 5.10 Å². The minimum Gasteiger partial charge on any atom is -0.301 e. The van der Waals surface area contributed by atoms with Crippen LogP contribution in [0.25, 0.3) is 11.1 Å². The number of hydrogen-bond donors (Lipinski definition) is 1. The topological polar surface area (TPSA) is 33.6 Å². The number of benzene rings is 2. The van der Waals surface area contributed by atoms with Crippen LogP contribution in [0.1, 0.15) is 62.4 Å². The number of hydrogen-bond acceptors (Lipinski definition) is 2. The average molecular weight is 382 g/mol. The molecule has 1 fully saturated rings. The maximum atomic E-state index is 14.8. The molecule has 0 saturated heterocycles. The van der Waals surface area contributed by atoms with Crippen LogP contribution in [0.4, 0.5) is 4.39 Å². The Bertz CT molecular complexity index is 971. The standard InChI is InChI=1S/C22H24FN3S/c1-15(21-24-25-22(27)26(21)18-10-6-3-7-11-18)17-12-13-19(20(23)14-17)16-8-4-2-5-9-16/h2,4-5,8-9,12-15,18H,3,6-7,10-11H2,1H3,(H,25,27). The molecule has 1 aliphatic carbocycles. The molecule has 1 N–H and O–H groups in total. The Hall–Kier alpha value is -2.27. The first kappa shape index (κ1) is 18.1. The molecule has 1 saturated carbocycles. The number of aromatic nitrogens is 3. The maximum absolute atomic E-state index is 14.8. The van der Waals surface area contributed by atoms with Crippen LogP contribution in [0.3, 0.4) is 0 Å². The lowest BCUT2D eigenvalue weighted by Crippen LogP contribution is -2.17. The Kier molecular flexibility index (Phi) is 5.21. The smallest absolute Gasteiger partial charge is 0.195 e. The van der Waals surface area contributed by atoms with Crippen molar-refractivity contribution in [1.82, 2.24) is 14.8 Å². The summed E-state index contributed by atoms with van der Waals surface area (Å²) in [6.07, 6.45) is 6.01. The molecule has 3 nitrogen and oxygen atoms in total. The summed E-state index contributed by atoms with van der Waals surface area (Å²) in [6, 6.07) is 15.5. The van der Waals surface area contributed by atoms with Gasteiger partial charge >= 0.3 is 0 Å². The molecular formula is C22H24FN3S. The van der Waals surface area contributed by atoms with Gasteiger partial charge in [0.25, 0.3) is 0 Å². The van der Waals surface area contributed by atoms with Gasteiger partial charge < -0.3 is 4.57 Å². The van der Waals surface area contributed by atoms with Crippen LogP contribution in [0.5, 0.6) is 0 Å². The minimum atomic E-state index is -0.205. The lowest BCUT2D eigenvalue weighted by atomic mass is 9.93. The molecule has 27 heavy (non-hydrogen) atoms. The number of halogens is 1. The van der Waals surface area contributed by atoms with Gasteiger partial charge in [-0.25, -0.2) is 4.39 Å². The zero-order chi connectivity index (χ0) is 18.8. The number of nitrogens with zero attached hydrogens (tertiary/aromatic N) is 2. The Balaban J connectivity index is 1.67. The van der Waals surface area contributed by atoms with E-state index in [0.29, 0.717) is 16.4 Å². The lowest BCUT2D eigenvalue weighted by molar-refractivity contribution is 0.341. The molecule has 1 unspecified atom stereocenters. The predicted molar refractivity (Wildman–Crippen MR) is 109 cm³/mol. The summed E-state index contributed by atoms with van der Waals surface area (Å²) in [6.45, 7) is 2.07. The van der Waals surface area contributed by atoms with E-state index in [1.807, 2.05) is 42.5 Å². The lowest BCUT2D eigenvalue weighted by Gasteiger charge is -2.25. The first-order valence-electron chi connectivity index (χ1n) is 9.67. The Morgan fingerprint density at radius 3 is 2.56 bits per heavy atom. The van der Waals surface area contributed by atoms with Gasteiger partial charge in [0.05, 0.1) is 0 Å². The predicted octanol–water partition coefficient (Wildman–Crippen LogP) is 6.40. The molecule has 140 valence electrons. The molecule has 2 aromatic carbocycles. The normalized spacial score (nSPS) is 16.4. The number of aromatic amines is 1. The van der Waals surface area contributed by atoms with Crippen molar-refractivity contribution < 1.29 is 4.39 Å². The first-order valence-corrected chi connectivity index (χ1v) is 10.1. The molecule has 0 radical (unpaired) electrons. The van der Waals surface area contributed by atoms with Gasteiger partial charge in [0.15, 0.2) is 4.77 Å². The number of rotatable bonds is 4. The summed E-state index contributed by atoms with van der Waals surface area (Å²) in [7, 11) is 0. The van der Waals surface area contributed by atoms with E-state index < -0.39 is 0 Å². The molecule has 5 heteroatoms. The molecule has 4 rings (SSSR count). The molecule has 0 aliphatic heterocycles. The van der Waals surface area contributed by atoms with E-state index in [2.05, 4.69) is 21.7 Å². The van der Waals surface area contributed by atoms with Crippen LogP contribution < -0.4 is 0 Å². The van der Waals surface area contributed by atoms with E-state index in [0.717, 1.165) is 29.8 Å².